The van der Waals surface area contributed by atoms with E-state index in [-0.39, 0.29) is 5.69 Å². The second-order valence-corrected chi connectivity index (χ2v) is 6.50. The molecule has 2 heterocycles. The molecule has 0 bridgehead atoms. The van der Waals surface area contributed by atoms with Crippen LogP contribution < -0.4 is 10.1 Å². The lowest BCUT2D eigenvalue weighted by atomic mass is 10.2. The fourth-order valence-corrected chi connectivity index (χ4v) is 3.12. The zero-order valence-corrected chi connectivity index (χ0v) is 14.5. The molecule has 0 atom stereocenters. The highest BCUT2D eigenvalue weighted by Gasteiger charge is 2.16. The molecule has 5 nitrogen and oxygen atoms in total. The molecule has 0 saturated carbocycles. The minimum absolute atomic E-state index is 0.0505. The lowest BCUT2D eigenvalue weighted by molar-refractivity contribution is -0.0495. The summed E-state index contributed by atoms with van der Waals surface area (Å²) < 4.78 is 43.9. The topological polar surface area (TPSA) is 56.1 Å². The Morgan fingerprint density at radius 1 is 1.38 bits per heavy atom. The molecule has 0 radical (unpaired) electrons. The van der Waals surface area contributed by atoms with Gasteiger partial charge in [-0.15, -0.1) is 11.3 Å². The Labute approximate surface area is 155 Å². The first-order chi connectivity index (χ1) is 12.4. The van der Waals surface area contributed by atoms with Crippen LogP contribution in [0.4, 0.5) is 18.9 Å². The summed E-state index contributed by atoms with van der Waals surface area (Å²) in [6.45, 7) is -2.71. The highest BCUT2D eigenvalue weighted by atomic mass is 35.5. The quantitative estimate of drug-likeness (QED) is 0.654. The summed E-state index contributed by atoms with van der Waals surface area (Å²) in [5, 5.41) is 8.76. The van der Waals surface area contributed by atoms with Crippen molar-refractivity contribution in [2.45, 2.75) is 13.2 Å². The minimum Gasteiger partial charge on any atom is -0.432 e. The maximum atomic E-state index is 13.2. The Balaban J connectivity index is 1.72. The number of thiophene rings is 1. The molecule has 10 heteroatoms. The Morgan fingerprint density at radius 3 is 2.88 bits per heavy atom. The molecule has 136 valence electrons. The number of benzene rings is 1. The second-order valence-electron chi connectivity index (χ2n) is 5.15. The molecule has 0 aliphatic rings. The highest BCUT2D eigenvalue weighted by molar-refractivity contribution is 7.12. The lowest BCUT2D eigenvalue weighted by Gasteiger charge is -2.11. The second kappa shape index (κ2) is 7.79. The number of nitrogens with one attached hydrogen (secondary N) is 1. The van der Waals surface area contributed by atoms with E-state index >= 15 is 0 Å². The van der Waals surface area contributed by atoms with Gasteiger partial charge in [0.15, 0.2) is 5.75 Å². The third kappa shape index (κ3) is 4.55. The van der Waals surface area contributed by atoms with Crippen molar-refractivity contribution in [1.82, 2.24) is 9.78 Å². The monoisotopic (exact) mass is 401 g/mol. The molecule has 3 rings (SSSR count). The molecule has 1 N–H and O–H groups in total. The number of rotatable bonds is 6. The normalized spacial score (nSPS) is 11.0. The number of nitrogens with zero attached hydrogens (tertiary/aromatic N) is 2. The largest absolute Gasteiger partial charge is 0.432 e. The molecule has 0 saturated heterocycles. The molecule has 2 aromatic heterocycles. The van der Waals surface area contributed by atoms with Gasteiger partial charge in [-0.2, -0.15) is 13.9 Å². The summed E-state index contributed by atoms with van der Waals surface area (Å²) in [7, 11) is 0. The van der Waals surface area contributed by atoms with Crippen LogP contribution in [0.2, 0.25) is 5.02 Å². The van der Waals surface area contributed by atoms with Crippen LogP contribution in [0.3, 0.4) is 0 Å². The summed E-state index contributed by atoms with van der Waals surface area (Å²) in [4.78, 5) is 12.7. The van der Waals surface area contributed by atoms with Crippen molar-refractivity contribution in [2.24, 2.45) is 0 Å². The number of aromatic nitrogens is 2. The van der Waals surface area contributed by atoms with Crippen molar-refractivity contribution in [3.8, 4) is 5.75 Å². The number of carbonyl (C=O) groups is 1. The Hall–Kier alpha value is -2.52. The fourth-order valence-electron chi connectivity index (χ4n) is 2.17. The molecule has 0 aliphatic heterocycles. The van der Waals surface area contributed by atoms with E-state index in [1.807, 2.05) is 0 Å². The van der Waals surface area contributed by atoms with Crippen molar-refractivity contribution >= 4 is 34.5 Å². The maximum Gasteiger partial charge on any atom is 0.387 e. The fraction of sp³-hybridized carbons (Fsp3) is 0.125. The number of carbonyl (C=O) groups excluding carboxylic acids is 1. The molecular weight excluding hydrogens is 391 g/mol. The van der Waals surface area contributed by atoms with Crippen LogP contribution in [0, 0.1) is 5.82 Å². The molecule has 0 fully saturated rings. The van der Waals surface area contributed by atoms with Crippen molar-refractivity contribution in [3.63, 3.8) is 0 Å². The minimum atomic E-state index is -3.14. The Morgan fingerprint density at radius 2 is 2.19 bits per heavy atom. The van der Waals surface area contributed by atoms with Gasteiger partial charge in [0.25, 0.3) is 5.91 Å². The molecule has 0 aliphatic carbocycles. The van der Waals surface area contributed by atoms with Crippen LogP contribution >= 0.6 is 22.9 Å². The van der Waals surface area contributed by atoms with Gasteiger partial charge < -0.3 is 10.1 Å². The molecule has 1 aromatic carbocycles. The number of halogens is 4. The van der Waals surface area contributed by atoms with E-state index in [1.165, 1.54) is 17.5 Å². The van der Waals surface area contributed by atoms with Gasteiger partial charge >= 0.3 is 6.61 Å². The average Bonchev–Trinajstić information content (AvgIpc) is 3.19. The third-order valence-electron chi connectivity index (χ3n) is 3.23. The smallest absolute Gasteiger partial charge is 0.387 e. The van der Waals surface area contributed by atoms with Crippen LogP contribution in [0.5, 0.6) is 5.75 Å². The van der Waals surface area contributed by atoms with Gasteiger partial charge in [0.05, 0.1) is 28.3 Å². The number of ether oxygens (including phenoxy) is 1. The maximum absolute atomic E-state index is 13.2. The summed E-state index contributed by atoms with van der Waals surface area (Å²) in [5.41, 5.74) is 0.772. The van der Waals surface area contributed by atoms with Gasteiger partial charge in [0.1, 0.15) is 5.82 Å². The highest BCUT2D eigenvalue weighted by Crippen LogP contribution is 2.28. The number of amides is 1. The SMILES string of the molecule is O=C(Nc1ccc(F)cc1OC(F)F)c1cc(Cn2cc(Cl)cn2)cs1. The van der Waals surface area contributed by atoms with Crippen molar-refractivity contribution in [2.75, 3.05) is 5.32 Å². The number of hydrogen-bond donors (Lipinski definition) is 1. The molecule has 1 amide bonds. The van der Waals surface area contributed by atoms with E-state index in [9.17, 15) is 18.0 Å². The summed E-state index contributed by atoms with van der Waals surface area (Å²) >= 11 is 6.97. The van der Waals surface area contributed by atoms with Gasteiger partial charge in [-0.05, 0) is 29.1 Å². The van der Waals surface area contributed by atoms with Gasteiger partial charge in [-0.3, -0.25) is 9.48 Å². The third-order valence-corrected chi connectivity index (χ3v) is 4.40. The summed E-state index contributed by atoms with van der Waals surface area (Å²) in [5.74, 6) is -1.73. The number of hydrogen-bond acceptors (Lipinski definition) is 4. The Kier molecular flexibility index (Phi) is 5.48. The zero-order valence-electron chi connectivity index (χ0n) is 13.0. The standard InChI is InChI=1S/C16H11ClF3N3O2S/c17-10-5-21-23(7-10)6-9-3-14(26-8-9)15(24)22-12-2-1-11(18)4-13(12)25-16(19)20/h1-5,7-8,16H,6H2,(H,22,24). The molecule has 0 unspecified atom stereocenters. The van der Waals surface area contributed by atoms with E-state index in [4.69, 9.17) is 11.6 Å². The van der Waals surface area contributed by atoms with Crippen LogP contribution in [0.25, 0.3) is 0 Å². The number of anilines is 1. The summed E-state index contributed by atoms with van der Waals surface area (Å²) in [6.07, 6.45) is 3.14. The predicted molar refractivity (Wildman–Crippen MR) is 91.6 cm³/mol. The first kappa shape index (κ1) is 18.3. The van der Waals surface area contributed by atoms with Crippen LogP contribution in [-0.2, 0) is 6.54 Å². The molecule has 3 aromatic rings. The van der Waals surface area contributed by atoms with E-state index in [2.05, 4.69) is 15.2 Å². The first-order valence-corrected chi connectivity index (χ1v) is 8.47. The van der Waals surface area contributed by atoms with Gasteiger partial charge in [-0.25, -0.2) is 4.39 Å². The predicted octanol–water partition coefficient (Wildman–Crippen LogP) is 4.64. The van der Waals surface area contributed by atoms with Crippen LogP contribution in [0.1, 0.15) is 15.2 Å². The van der Waals surface area contributed by atoms with Crippen molar-refractivity contribution in [3.05, 3.63) is 63.3 Å². The molecular formula is C16H11ClF3N3O2S. The summed E-state index contributed by atoms with van der Waals surface area (Å²) in [6, 6.07) is 4.62. The van der Waals surface area contributed by atoms with E-state index in [0.717, 1.165) is 23.8 Å². The van der Waals surface area contributed by atoms with Gasteiger partial charge in [0.2, 0.25) is 0 Å². The first-order valence-electron chi connectivity index (χ1n) is 7.22. The van der Waals surface area contributed by atoms with Crippen molar-refractivity contribution in [1.29, 1.82) is 0 Å². The van der Waals surface area contributed by atoms with Gasteiger partial charge in [-0.1, -0.05) is 11.6 Å². The zero-order chi connectivity index (χ0) is 18.7. The Bertz CT molecular complexity index is 929. The van der Waals surface area contributed by atoms with E-state index in [0.29, 0.717) is 16.4 Å². The lowest BCUT2D eigenvalue weighted by Crippen LogP contribution is -2.13. The van der Waals surface area contributed by atoms with Crippen LogP contribution in [-0.4, -0.2) is 22.3 Å². The molecule has 26 heavy (non-hydrogen) atoms. The van der Waals surface area contributed by atoms with E-state index < -0.39 is 24.1 Å². The average molecular weight is 402 g/mol. The van der Waals surface area contributed by atoms with Crippen molar-refractivity contribution < 1.29 is 22.7 Å². The van der Waals surface area contributed by atoms with E-state index in [1.54, 1.807) is 22.3 Å². The van der Waals surface area contributed by atoms with Crippen LogP contribution in [0.15, 0.2) is 42.0 Å². The molecule has 0 spiro atoms. The van der Waals surface area contributed by atoms with Gasteiger partial charge in [0, 0.05) is 12.3 Å². The number of alkyl halides is 2.